The molecule has 8 nitrogen and oxygen atoms in total. The number of amides is 1. The molecule has 2 aromatic carbocycles. The van der Waals surface area contributed by atoms with Crippen LogP contribution in [-0.4, -0.2) is 35.1 Å². The van der Waals surface area contributed by atoms with E-state index in [1.807, 2.05) is 24.3 Å². The van der Waals surface area contributed by atoms with Crippen molar-refractivity contribution in [2.75, 3.05) is 24.3 Å². The Morgan fingerprint density at radius 3 is 2.67 bits per heavy atom. The second kappa shape index (κ2) is 8.20. The predicted molar refractivity (Wildman–Crippen MR) is 112 cm³/mol. The molecular formula is C22H20N4O4. The summed E-state index contributed by atoms with van der Waals surface area (Å²) in [5.74, 6) is -1.29. The summed E-state index contributed by atoms with van der Waals surface area (Å²) in [4.78, 5) is 42.0. The van der Waals surface area contributed by atoms with E-state index in [-0.39, 0.29) is 24.0 Å². The molecule has 4 rings (SSSR count). The number of benzene rings is 2. The SMILES string of the molecule is COC(=O)c1ncc(NC(=O)c2ccccc2)c(=O)n1CC1CNc2ccccc21. The van der Waals surface area contributed by atoms with E-state index in [9.17, 15) is 14.4 Å². The molecule has 8 heteroatoms. The Labute approximate surface area is 172 Å². The van der Waals surface area contributed by atoms with Crippen molar-refractivity contribution in [2.45, 2.75) is 12.5 Å². The van der Waals surface area contributed by atoms with E-state index >= 15 is 0 Å². The molecule has 1 atom stereocenters. The third-order valence-corrected chi connectivity index (χ3v) is 5.04. The first-order valence-electron chi connectivity index (χ1n) is 9.46. The van der Waals surface area contributed by atoms with Crippen LogP contribution in [0.15, 0.2) is 65.6 Å². The summed E-state index contributed by atoms with van der Waals surface area (Å²) in [5, 5.41) is 5.89. The van der Waals surface area contributed by atoms with E-state index in [2.05, 4.69) is 15.6 Å². The highest BCUT2D eigenvalue weighted by atomic mass is 16.5. The summed E-state index contributed by atoms with van der Waals surface area (Å²) in [5.41, 5.74) is 1.94. The summed E-state index contributed by atoms with van der Waals surface area (Å²) in [6.07, 6.45) is 1.19. The van der Waals surface area contributed by atoms with Crippen molar-refractivity contribution in [1.82, 2.24) is 9.55 Å². The van der Waals surface area contributed by atoms with E-state index in [0.29, 0.717) is 12.1 Å². The van der Waals surface area contributed by atoms with Crippen LogP contribution in [-0.2, 0) is 11.3 Å². The van der Waals surface area contributed by atoms with Gasteiger partial charge in [0.05, 0.1) is 13.3 Å². The topological polar surface area (TPSA) is 102 Å². The predicted octanol–water partition coefficient (Wildman–Crippen LogP) is 2.49. The number of nitrogens with one attached hydrogen (secondary N) is 2. The van der Waals surface area contributed by atoms with E-state index in [4.69, 9.17) is 4.74 Å². The lowest BCUT2D eigenvalue weighted by molar-refractivity contribution is 0.0578. The average Bonchev–Trinajstić information content (AvgIpc) is 3.19. The van der Waals surface area contributed by atoms with Crippen molar-refractivity contribution in [3.63, 3.8) is 0 Å². The van der Waals surface area contributed by atoms with Crippen LogP contribution in [0.5, 0.6) is 0 Å². The maximum Gasteiger partial charge on any atom is 0.374 e. The number of rotatable bonds is 5. The molecule has 30 heavy (non-hydrogen) atoms. The Morgan fingerprint density at radius 2 is 1.90 bits per heavy atom. The standard InChI is InChI=1S/C22H20N4O4/c1-30-22(29)19-24-12-18(25-20(27)14-7-3-2-4-8-14)21(28)26(19)13-15-11-23-17-10-6-5-9-16(15)17/h2-10,12,15,23H,11,13H2,1H3,(H,25,27). The molecule has 2 N–H and O–H groups in total. The van der Waals surface area contributed by atoms with Crippen molar-refractivity contribution in [3.05, 3.63) is 88.1 Å². The van der Waals surface area contributed by atoms with Crippen molar-refractivity contribution in [2.24, 2.45) is 0 Å². The smallest absolute Gasteiger partial charge is 0.374 e. The number of hydrogen-bond acceptors (Lipinski definition) is 6. The molecule has 0 spiro atoms. The fourth-order valence-corrected chi connectivity index (χ4v) is 3.53. The monoisotopic (exact) mass is 404 g/mol. The number of anilines is 2. The molecule has 0 saturated carbocycles. The molecule has 1 aromatic heterocycles. The molecule has 0 fully saturated rings. The zero-order chi connectivity index (χ0) is 21.1. The van der Waals surface area contributed by atoms with Gasteiger partial charge in [0, 0.05) is 30.3 Å². The Balaban J connectivity index is 1.69. The Morgan fingerprint density at radius 1 is 1.17 bits per heavy atom. The van der Waals surface area contributed by atoms with Gasteiger partial charge < -0.3 is 15.4 Å². The number of ether oxygens (including phenoxy) is 1. The van der Waals surface area contributed by atoms with Crippen LogP contribution in [0.2, 0.25) is 0 Å². The van der Waals surface area contributed by atoms with Crippen molar-refractivity contribution in [1.29, 1.82) is 0 Å². The maximum atomic E-state index is 13.2. The highest BCUT2D eigenvalue weighted by Crippen LogP contribution is 2.32. The number of para-hydroxylation sites is 1. The fraction of sp³-hybridized carbons (Fsp3) is 0.182. The average molecular weight is 404 g/mol. The third kappa shape index (κ3) is 3.67. The fourth-order valence-electron chi connectivity index (χ4n) is 3.53. The molecule has 0 bridgehead atoms. The van der Waals surface area contributed by atoms with Gasteiger partial charge in [-0.25, -0.2) is 9.78 Å². The number of nitrogens with zero attached hydrogens (tertiary/aromatic N) is 2. The number of carbonyl (C=O) groups is 2. The van der Waals surface area contributed by atoms with Crippen LogP contribution in [0.3, 0.4) is 0 Å². The Bertz CT molecular complexity index is 1160. The molecule has 1 amide bonds. The lowest BCUT2D eigenvalue weighted by atomic mass is 10.0. The molecule has 0 radical (unpaired) electrons. The molecule has 2 heterocycles. The van der Waals surface area contributed by atoms with Crippen LogP contribution >= 0.6 is 0 Å². The third-order valence-electron chi connectivity index (χ3n) is 5.04. The van der Waals surface area contributed by atoms with Gasteiger partial charge in [-0.05, 0) is 23.8 Å². The van der Waals surface area contributed by atoms with Gasteiger partial charge in [0.1, 0.15) is 5.69 Å². The second-order valence-electron chi connectivity index (χ2n) is 6.89. The minimum absolute atomic E-state index is 0.00394. The van der Waals surface area contributed by atoms with E-state index in [0.717, 1.165) is 11.3 Å². The van der Waals surface area contributed by atoms with Crippen molar-refractivity contribution < 1.29 is 14.3 Å². The van der Waals surface area contributed by atoms with Gasteiger partial charge in [-0.3, -0.25) is 14.2 Å². The van der Waals surface area contributed by atoms with Gasteiger partial charge in [0.25, 0.3) is 11.5 Å². The molecule has 1 aliphatic heterocycles. The number of esters is 1. The molecule has 1 unspecified atom stereocenters. The van der Waals surface area contributed by atoms with Crippen molar-refractivity contribution in [3.8, 4) is 0 Å². The number of fused-ring (bicyclic) bond motifs is 1. The zero-order valence-corrected chi connectivity index (χ0v) is 16.3. The van der Waals surface area contributed by atoms with Gasteiger partial charge >= 0.3 is 5.97 Å². The Kier molecular flexibility index (Phi) is 5.30. The molecule has 3 aromatic rings. The van der Waals surface area contributed by atoms with E-state index in [1.165, 1.54) is 17.9 Å². The van der Waals surface area contributed by atoms with E-state index < -0.39 is 17.4 Å². The summed E-state index contributed by atoms with van der Waals surface area (Å²) >= 11 is 0. The maximum absolute atomic E-state index is 13.2. The molecule has 0 aliphatic carbocycles. The van der Waals surface area contributed by atoms with E-state index in [1.54, 1.807) is 30.3 Å². The highest BCUT2D eigenvalue weighted by molar-refractivity contribution is 6.04. The lowest BCUT2D eigenvalue weighted by Crippen LogP contribution is -2.33. The van der Waals surface area contributed by atoms with Gasteiger partial charge in [-0.1, -0.05) is 36.4 Å². The summed E-state index contributed by atoms with van der Waals surface area (Å²) in [6, 6.07) is 16.4. The zero-order valence-electron chi connectivity index (χ0n) is 16.3. The first-order valence-corrected chi connectivity index (χ1v) is 9.46. The van der Waals surface area contributed by atoms with Crippen LogP contribution in [0.1, 0.15) is 32.5 Å². The largest absolute Gasteiger partial charge is 0.463 e. The molecule has 152 valence electrons. The first-order chi connectivity index (χ1) is 14.6. The van der Waals surface area contributed by atoms with Gasteiger partial charge in [-0.15, -0.1) is 0 Å². The molecule has 0 saturated heterocycles. The lowest BCUT2D eigenvalue weighted by Gasteiger charge is -2.16. The molecular weight excluding hydrogens is 384 g/mol. The van der Waals surface area contributed by atoms with Crippen LogP contribution in [0.4, 0.5) is 11.4 Å². The normalized spacial score (nSPS) is 14.5. The number of carbonyl (C=O) groups excluding carboxylic acids is 2. The number of hydrogen-bond donors (Lipinski definition) is 2. The Hall–Kier alpha value is -3.94. The number of aromatic nitrogens is 2. The highest BCUT2D eigenvalue weighted by Gasteiger charge is 2.26. The molecule has 1 aliphatic rings. The second-order valence-corrected chi connectivity index (χ2v) is 6.89. The quantitative estimate of drug-likeness (QED) is 0.634. The minimum Gasteiger partial charge on any atom is -0.463 e. The van der Waals surface area contributed by atoms with Gasteiger partial charge in [0.2, 0.25) is 5.82 Å². The summed E-state index contributed by atoms with van der Waals surface area (Å²) < 4.78 is 6.06. The van der Waals surface area contributed by atoms with Crippen LogP contribution in [0, 0.1) is 0 Å². The van der Waals surface area contributed by atoms with Crippen LogP contribution in [0.25, 0.3) is 0 Å². The van der Waals surface area contributed by atoms with Gasteiger partial charge in [0.15, 0.2) is 0 Å². The first kappa shape index (κ1) is 19.4. The van der Waals surface area contributed by atoms with Crippen molar-refractivity contribution >= 4 is 23.3 Å². The van der Waals surface area contributed by atoms with Crippen LogP contribution < -0.4 is 16.2 Å². The summed E-state index contributed by atoms with van der Waals surface area (Å²) in [7, 11) is 1.23. The van der Waals surface area contributed by atoms with Gasteiger partial charge in [-0.2, -0.15) is 0 Å². The number of methoxy groups -OCH3 is 1. The minimum atomic E-state index is -0.715. The summed E-state index contributed by atoms with van der Waals surface area (Å²) in [6.45, 7) is 0.836.